The van der Waals surface area contributed by atoms with Gasteiger partial charge in [0.2, 0.25) is 17.5 Å². The van der Waals surface area contributed by atoms with Crippen LogP contribution in [0.2, 0.25) is 0 Å². The summed E-state index contributed by atoms with van der Waals surface area (Å²) in [4.78, 5) is 15.1. The second-order valence-electron chi connectivity index (χ2n) is 7.66. The molecule has 0 unspecified atom stereocenters. The van der Waals surface area contributed by atoms with Gasteiger partial charge in [-0.15, -0.1) is 5.10 Å². The first-order chi connectivity index (χ1) is 13.1. The van der Waals surface area contributed by atoms with Crippen molar-refractivity contribution in [3.05, 3.63) is 47.2 Å². The summed E-state index contributed by atoms with van der Waals surface area (Å²) in [5.74, 6) is -1.65. The van der Waals surface area contributed by atoms with Gasteiger partial charge in [-0.05, 0) is 55.7 Å². The third-order valence-corrected chi connectivity index (χ3v) is 6.14. The van der Waals surface area contributed by atoms with Crippen molar-refractivity contribution in [2.45, 2.75) is 43.4 Å². The van der Waals surface area contributed by atoms with Crippen LogP contribution in [0.5, 0.6) is 11.6 Å². The fourth-order valence-electron chi connectivity index (χ4n) is 4.85. The highest BCUT2D eigenvalue weighted by atomic mass is 19.1. The van der Waals surface area contributed by atoms with E-state index in [0.29, 0.717) is 0 Å². The Labute approximate surface area is 155 Å². The summed E-state index contributed by atoms with van der Waals surface area (Å²) in [5.41, 5.74) is 1.06. The molecule has 1 aromatic carbocycles. The minimum Gasteiger partial charge on any atom is -0.431 e. The van der Waals surface area contributed by atoms with E-state index in [1.807, 2.05) is 4.90 Å². The van der Waals surface area contributed by atoms with Crippen molar-refractivity contribution in [2.24, 2.45) is 0 Å². The summed E-state index contributed by atoms with van der Waals surface area (Å²) < 4.78 is 33.0. The third-order valence-electron chi connectivity index (χ3n) is 6.14. The monoisotopic (exact) mass is 371 g/mol. The molecule has 5 nitrogen and oxygen atoms in total. The maximum atomic E-state index is 13.8. The molecule has 1 aromatic heterocycles. The molecule has 7 heteroatoms. The van der Waals surface area contributed by atoms with Crippen LogP contribution in [0.15, 0.2) is 24.3 Å². The van der Waals surface area contributed by atoms with Crippen LogP contribution < -0.4 is 4.74 Å². The van der Waals surface area contributed by atoms with E-state index in [4.69, 9.17) is 4.74 Å². The van der Waals surface area contributed by atoms with Crippen molar-refractivity contribution < 1.29 is 18.3 Å². The van der Waals surface area contributed by atoms with Gasteiger partial charge < -0.3 is 9.64 Å². The molecule has 2 heterocycles. The molecule has 1 amide bonds. The lowest BCUT2D eigenvalue weighted by molar-refractivity contribution is -0.136. The van der Waals surface area contributed by atoms with Gasteiger partial charge in [0, 0.05) is 19.2 Å². The molecule has 2 aliphatic carbocycles. The summed E-state index contributed by atoms with van der Waals surface area (Å²) in [6.45, 7) is 1.61. The van der Waals surface area contributed by atoms with E-state index in [2.05, 4.69) is 10.2 Å². The van der Waals surface area contributed by atoms with Crippen molar-refractivity contribution in [3.63, 3.8) is 0 Å². The summed E-state index contributed by atoms with van der Waals surface area (Å²) >= 11 is 0. The van der Waals surface area contributed by atoms with Crippen molar-refractivity contribution >= 4 is 5.91 Å². The molecular weight excluding hydrogens is 352 g/mol. The number of likely N-dealkylation sites (tertiary alicyclic amines) is 1. The van der Waals surface area contributed by atoms with Crippen LogP contribution >= 0.6 is 0 Å². The summed E-state index contributed by atoms with van der Waals surface area (Å²) in [6, 6.07) is 5.23. The van der Waals surface area contributed by atoms with Crippen LogP contribution in [0.1, 0.15) is 49.3 Å². The zero-order valence-corrected chi connectivity index (χ0v) is 14.8. The predicted octanol–water partition coefficient (Wildman–Crippen LogP) is 3.69. The van der Waals surface area contributed by atoms with Gasteiger partial charge in [-0.2, -0.15) is 5.10 Å². The van der Waals surface area contributed by atoms with Gasteiger partial charge in [0.1, 0.15) is 0 Å². The standard InChI is InChI=1S/C20H19F2N3O2/c21-14-4-3-5-15(22)17(14)27-16-10-13-12-6-7-20(11-12,18(13)24-23-16)19(26)25-8-1-2-9-25/h3-5,10,12H,1-2,6-9,11H2/t12-,20-/m1/s1. The zero-order chi connectivity index (χ0) is 18.6. The molecule has 1 aliphatic heterocycles. The molecule has 2 atom stereocenters. The topological polar surface area (TPSA) is 55.3 Å². The molecule has 2 aromatic rings. The van der Waals surface area contributed by atoms with E-state index in [1.165, 1.54) is 6.07 Å². The number of benzene rings is 1. The quantitative estimate of drug-likeness (QED) is 0.826. The lowest BCUT2D eigenvalue weighted by atomic mass is 9.81. The normalized spacial score (nSPS) is 25.7. The van der Waals surface area contributed by atoms with E-state index >= 15 is 0 Å². The SMILES string of the molecule is O=C(N1CCCC1)[C@]12CC[C@H](C1)c1cc(Oc3c(F)cccc3F)nnc12. The number of hydrogen-bond acceptors (Lipinski definition) is 4. The smallest absolute Gasteiger partial charge is 0.239 e. The first kappa shape index (κ1) is 16.6. The van der Waals surface area contributed by atoms with Gasteiger partial charge >= 0.3 is 0 Å². The van der Waals surface area contributed by atoms with Crippen LogP contribution in [0, 0.1) is 11.6 Å². The van der Waals surface area contributed by atoms with E-state index in [-0.39, 0.29) is 17.7 Å². The van der Waals surface area contributed by atoms with Gasteiger partial charge in [-0.1, -0.05) is 6.07 Å². The largest absolute Gasteiger partial charge is 0.431 e. The van der Waals surface area contributed by atoms with E-state index in [9.17, 15) is 13.6 Å². The highest BCUT2D eigenvalue weighted by Gasteiger charge is 2.57. The molecule has 0 N–H and O–H groups in total. The summed E-state index contributed by atoms with van der Waals surface area (Å²) in [6.07, 6.45) is 4.53. The van der Waals surface area contributed by atoms with Crippen LogP contribution in [-0.4, -0.2) is 34.1 Å². The van der Waals surface area contributed by atoms with Crippen molar-refractivity contribution in [1.82, 2.24) is 15.1 Å². The maximum absolute atomic E-state index is 13.8. The van der Waals surface area contributed by atoms with Gasteiger partial charge in [-0.3, -0.25) is 4.79 Å². The minimum atomic E-state index is -0.792. The Morgan fingerprint density at radius 1 is 1.19 bits per heavy atom. The van der Waals surface area contributed by atoms with Crippen LogP contribution in [0.4, 0.5) is 8.78 Å². The Hall–Kier alpha value is -2.57. The molecule has 1 saturated carbocycles. The molecule has 0 spiro atoms. The molecule has 27 heavy (non-hydrogen) atoms. The summed E-state index contributed by atoms with van der Waals surface area (Å²) in [5, 5.41) is 8.32. The zero-order valence-electron chi connectivity index (χ0n) is 14.8. The Balaban J connectivity index is 1.48. The molecule has 3 aliphatic rings. The average Bonchev–Trinajstić information content (AvgIpc) is 3.40. The van der Waals surface area contributed by atoms with Crippen molar-refractivity contribution in [2.75, 3.05) is 13.1 Å². The molecule has 1 saturated heterocycles. The number of nitrogens with zero attached hydrogens (tertiary/aromatic N) is 3. The number of hydrogen-bond donors (Lipinski definition) is 0. The molecule has 0 radical (unpaired) electrons. The van der Waals surface area contributed by atoms with Crippen LogP contribution in [0.25, 0.3) is 0 Å². The van der Waals surface area contributed by atoms with Crippen LogP contribution in [0.3, 0.4) is 0 Å². The fourth-order valence-corrected chi connectivity index (χ4v) is 4.85. The molecule has 5 rings (SSSR count). The number of fused-ring (bicyclic) bond motifs is 5. The average molecular weight is 371 g/mol. The fraction of sp³-hybridized carbons (Fsp3) is 0.450. The highest BCUT2D eigenvalue weighted by molar-refractivity contribution is 5.90. The molecular formula is C20H19F2N3O2. The molecule has 140 valence electrons. The van der Waals surface area contributed by atoms with E-state index < -0.39 is 22.8 Å². The van der Waals surface area contributed by atoms with Gasteiger partial charge in [0.25, 0.3) is 0 Å². The van der Waals surface area contributed by atoms with Gasteiger partial charge in [-0.25, -0.2) is 8.78 Å². The van der Waals surface area contributed by atoms with Crippen LogP contribution in [-0.2, 0) is 10.2 Å². The number of amides is 1. The minimum absolute atomic E-state index is 0.0501. The highest BCUT2D eigenvalue weighted by Crippen LogP contribution is 2.57. The second kappa shape index (κ2) is 5.97. The first-order valence-electron chi connectivity index (χ1n) is 9.38. The number of carbonyl (C=O) groups excluding carboxylic acids is 1. The Morgan fingerprint density at radius 3 is 2.67 bits per heavy atom. The van der Waals surface area contributed by atoms with Crippen molar-refractivity contribution in [1.29, 1.82) is 0 Å². The number of halogens is 2. The van der Waals surface area contributed by atoms with Crippen molar-refractivity contribution in [3.8, 4) is 11.6 Å². The number of para-hydroxylation sites is 1. The second-order valence-corrected chi connectivity index (χ2v) is 7.66. The Bertz CT molecular complexity index is 909. The number of aromatic nitrogens is 2. The van der Waals surface area contributed by atoms with E-state index in [0.717, 1.165) is 68.6 Å². The first-order valence-corrected chi connectivity index (χ1v) is 9.38. The van der Waals surface area contributed by atoms with E-state index in [1.54, 1.807) is 6.07 Å². The number of rotatable bonds is 3. The Morgan fingerprint density at radius 2 is 1.93 bits per heavy atom. The number of ether oxygens (including phenoxy) is 1. The predicted molar refractivity (Wildman–Crippen MR) is 92.5 cm³/mol. The summed E-state index contributed by atoms with van der Waals surface area (Å²) in [7, 11) is 0. The lowest BCUT2D eigenvalue weighted by Gasteiger charge is -2.30. The lowest BCUT2D eigenvalue weighted by Crippen LogP contribution is -2.44. The molecule has 2 fully saturated rings. The Kier molecular flexibility index (Phi) is 3.67. The number of carbonyl (C=O) groups is 1. The maximum Gasteiger partial charge on any atom is 0.239 e. The van der Waals surface area contributed by atoms with Gasteiger partial charge in [0.05, 0.1) is 11.1 Å². The van der Waals surface area contributed by atoms with Gasteiger partial charge in [0.15, 0.2) is 11.6 Å². The third kappa shape index (κ3) is 2.44. The molecule has 2 bridgehead atoms.